The second-order valence-electron chi connectivity index (χ2n) is 1.63. The Hall–Kier alpha value is 0.534. The van der Waals surface area contributed by atoms with Crippen molar-refractivity contribution in [1.82, 2.24) is 0 Å². The fourth-order valence-corrected chi connectivity index (χ4v) is 0.460. The van der Waals surface area contributed by atoms with Gasteiger partial charge in [0.25, 0.3) is 0 Å². The van der Waals surface area contributed by atoms with Gasteiger partial charge in [-0.05, 0) is 12.1 Å². The van der Waals surface area contributed by atoms with Crippen molar-refractivity contribution in [3.05, 3.63) is 35.9 Å². The van der Waals surface area contributed by atoms with Crippen LogP contribution in [0.5, 0.6) is 0 Å². The van der Waals surface area contributed by atoms with E-state index in [9.17, 15) is 8.78 Å². The van der Waals surface area contributed by atoms with Gasteiger partial charge in [0.1, 0.15) is 11.6 Å². The molecule has 0 N–H and O–H groups in total. The Kier molecular flexibility index (Phi) is 7.30. The van der Waals surface area contributed by atoms with E-state index in [2.05, 4.69) is 0 Å². The standard InChI is InChI=1S/C6H4F2.3ClH.V/c7-5-2-1-3-6(8)4-5;;;;/h1-4H;3*1H;/q;;;;+3/p-3. The van der Waals surface area contributed by atoms with E-state index in [-0.39, 0.29) is 0 Å². The maximum atomic E-state index is 11.9. The van der Waals surface area contributed by atoms with Crippen LogP contribution in [0, 0.1) is 11.6 Å². The van der Waals surface area contributed by atoms with E-state index < -0.39 is 23.9 Å². The Morgan fingerprint density at radius 1 is 1.00 bits per heavy atom. The average Bonchev–Trinajstić information content (AvgIpc) is 1.84. The molecule has 12 heavy (non-hydrogen) atoms. The van der Waals surface area contributed by atoms with E-state index in [1.165, 1.54) is 18.2 Å². The summed E-state index contributed by atoms with van der Waals surface area (Å²) in [5, 5.41) is 0. The SMILES string of the molecule is Fc1cccc(F)c1.[Cl][V]([Cl])[Cl]. The van der Waals surface area contributed by atoms with Crippen molar-refractivity contribution in [2.45, 2.75) is 0 Å². The Morgan fingerprint density at radius 3 is 1.50 bits per heavy atom. The summed E-state index contributed by atoms with van der Waals surface area (Å²) in [5.41, 5.74) is 0. The van der Waals surface area contributed by atoms with E-state index in [1.54, 1.807) is 0 Å². The van der Waals surface area contributed by atoms with Gasteiger partial charge in [0.15, 0.2) is 0 Å². The first kappa shape index (κ1) is 12.5. The molecule has 1 rings (SSSR count). The zero-order chi connectivity index (χ0) is 9.56. The zero-order valence-electron chi connectivity index (χ0n) is 5.65. The van der Waals surface area contributed by atoms with Crippen LogP contribution in [0.2, 0.25) is 0 Å². The summed E-state index contributed by atoms with van der Waals surface area (Å²) in [6.45, 7) is 0. The fourth-order valence-electron chi connectivity index (χ4n) is 0.460. The quantitative estimate of drug-likeness (QED) is 0.668. The van der Waals surface area contributed by atoms with E-state index >= 15 is 0 Å². The number of rotatable bonds is 0. The van der Waals surface area contributed by atoms with Gasteiger partial charge in [0, 0.05) is 6.07 Å². The molecule has 0 spiro atoms. The van der Waals surface area contributed by atoms with Crippen molar-refractivity contribution in [3.8, 4) is 0 Å². The van der Waals surface area contributed by atoms with Crippen LogP contribution in [-0.2, 0) is 12.3 Å². The molecular formula is C6H4Cl3F2V. The van der Waals surface area contributed by atoms with Gasteiger partial charge < -0.3 is 0 Å². The van der Waals surface area contributed by atoms with Crippen LogP contribution in [0.1, 0.15) is 0 Å². The van der Waals surface area contributed by atoms with Crippen molar-refractivity contribution in [1.29, 1.82) is 0 Å². The second-order valence-corrected chi connectivity index (χ2v) is 8.55. The van der Waals surface area contributed by atoms with Crippen LogP contribution in [0.4, 0.5) is 8.78 Å². The van der Waals surface area contributed by atoms with Gasteiger partial charge in [-0.2, -0.15) is 0 Å². The average molecular weight is 271 g/mol. The Balaban J connectivity index is 0.000000261. The third kappa shape index (κ3) is 8.63. The molecule has 68 valence electrons. The van der Waals surface area contributed by atoms with Crippen molar-refractivity contribution >= 4 is 29.5 Å². The summed E-state index contributed by atoms with van der Waals surface area (Å²) >= 11 is -1.77. The van der Waals surface area contributed by atoms with E-state index in [0.717, 1.165) is 6.07 Å². The van der Waals surface area contributed by atoms with Crippen molar-refractivity contribution in [2.75, 3.05) is 0 Å². The molecule has 0 amide bonds. The van der Waals surface area contributed by atoms with Gasteiger partial charge in [-0.15, -0.1) is 0 Å². The van der Waals surface area contributed by atoms with Crippen molar-refractivity contribution in [2.24, 2.45) is 0 Å². The monoisotopic (exact) mass is 270 g/mol. The van der Waals surface area contributed by atoms with Crippen LogP contribution in [0.3, 0.4) is 0 Å². The van der Waals surface area contributed by atoms with Crippen LogP contribution in [0.15, 0.2) is 24.3 Å². The number of benzene rings is 1. The molecule has 0 fully saturated rings. The molecule has 6 heteroatoms. The predicted molar refractivity (Wildman–Crippen MR) is 43.9 cm³/mol. The molecule has 0 nitrogen and oxygen atoms in total. The van der Waals surface area contributed by atoms with Gasteiger partial charge in [0.05, 0.1) is 0 Å². The number of halogens is 5. The molecule has 0 aliphatic heterocycles. The molecule has 0 heterocycles. The van der Waals surface area contributed by atoms with Crippen LogP contribution >= 0.6 is 29.5 Å². The molecule has 0 aliphatic carbocycles. The summed E-state index contributed by atoms with van der Waals surface area (Å²) < 4.78 is 23.9. The van der Waals surface area contributed by atoms with Crippen molar-refractivity contribution < 1.29 is 21.1 Å². The molecule has 0 atom stereocenters. The Labute approximate surface area is 86.3 Å². The molecule has 0 bridgehead atoms. The van der Waals surface area contributed by atoms with Gasteiger partial charge in [-0.3, -0.25) is 0 Å². The minimum absolute atomic E-state index is 0.537. The molecule has 1 aromatic carbocycles. The topological polar surface area (TPSA) is 0 Å². The summed E-state index contributed by atoms with van der Waals surface area (Å²) in [5.74, 6) is -1.07. The Bertz CT molecular complexity index is 212. The maximum absolute atomic E-state index is 11.9. The summed E-state index contributed by atoms with van der Waals surface area (Å²) in [6.07, 6.45) is 0. The normalized spacial score (nSPS) is 9.17. The first-order chi connectivity index (χ1) is 5.52. The molecule has 0 aromatic heterocycles. The van der Waals surface area contributed by atoms with E-state index in [4.69, 9.17) is 29.5 Å². The Morgan fingerprint density at radius 2 is 1.33 bits per heavy atom. The third-order valence-corrected chi connectivity index (χ3v) is 0.787. The first-order valence-corrected chi connectivity index (χ1v) is 8.47. The predicted octanol–water partition coefficient (Wildman–Crippen LogP) is 4.03. The molecule has 0 saturated heterocycles. The molecule has 1 aromatic rings. The van der Waals surface area contributed by atoms with Gasteiger partial charge in [-0.1, -0.05) is 6.07 Å². The third-order valence-electron chi connectivity index (χ3n) is 0.787. The molecular weight excluding hydrogens is 267 g/mol. The second kappa shape index (κ2) is 6.99. The molecule has 0 radical (unpaired) electrons. The molecule has 0 saturated carbocycles. The van der Waals surface area contributed by atoms with Gasteiger partial charge >= 0.3 is 41.8 Å². The van der Waals surface area contributed by atoms with Gasteiger partial charge in [-0.25, -0.2) is 8.78 Å². The van der Waals surface area contributed by atoms with Crippen LogP contribution in [-0.4, -0.2) is 0 Å². The summed E-state index contributed by atoms with van der Waals surface area (Å²) in [7, 11) is 14.9. The van der Waals surface area contributed by atoms with Crippen LogP contribution < -0.4 is 0 Å². The fraction of sp³-hybridized carbons (Fsp3) is 0. The van der Waals surface area contributed by atoms with Crippen LogP contribution in [0.25, 0.3) is 0 Å². The minimum atomic E-state index is -1.77. The number of hydrogen-bond donors (Lipinski definition) is 0. The summed E-state index contributed by atoms with van der Waals surface area (Å²) in [4.78, 5) is 0. The van der Waals surface area contributed by atoms with E-state index in [1.807, 2.05) is 0 Å². The zero-order valence-corrected chi connectivity index (χ0v) is 9.31. The van der Waals surface area contributed by atoms with E-state index in [0.29, 0.717) is 0 Å². The van der Waals surface area contributed by atoms with Gasteiger partial charge in [0.2, 0.25) is 0 Å². The molecule has 0 unspecified atom stereocenters. The number of hydrogen-bond acceptors (Lipinski definition) is 0. The first-order valence-electron chi connectivity index (χ1n) is 2.71. The molecule has 0 aliphatic rings. The van der Waals surface area contributed by atoms with Crippen molar-refractivity contribution in [3.63, 3.8) is 0 Å². The summed E-state index contributed by atoms with van der Waals surface area (Å²) in [6, 6.07) is 4.55.